The van der Waals surface area contributed by atoms with Gasteiger partial charge in [-0.15, -0.1) is 0 Å². The number of nitriles is 1. The molecule has 1 rings (SSSR count). The van der Waals surface area contributed by atoms with E-state index in [-0.39, 0.29) is 11.9 Å². The Balaban J connectivity index is 2.36. The Morgan fingerprint density at radius 3 is 2.85 bits per heavy atom. The van der Waals surface area contributed by atoms with Crippen molar-refractivity contribution in [2.24, 2.45) is 0 Å². The van der Waals surface area contributed by atoms with Gasteiger partial charge in [0.15, 0.2) is 0 Å². The Labute approximate surface area is 78.4 Å². The molecule has 1 amide bonds. The first-order valence-electron chi connectivity index (χ1n) is 4.65. The fraction of sp³-hybridized carbons (Fsp3) is 0.600. The highest BCUT2D eigenvalue weighted by Crippen LogP contribution is 2.24. The molecule has 70 valence electrons. The third kappa shape index (κ3) is 2.90. The summed E-state index contributed by atoms with van der Waals surface area (Å²) in [6, 6.07) is 1.69. The summed E-state index contributed by atoms with van der Waals surface area (Å²) in [5.74, 6) is -0.122. The molecule has 3 heteroatoms. The minimum atomic E-state index is -0.343. The molecule has 1 atom stereocenters. The van der Waals surface area contributed by atoms with Gasteiger partial charge in [-0.3, -0.25) is 4.79 Å². The first kappa shape index (κ1) is 9.79. The van der Waals surface area contributed by atoms with Gasteiger partial charge < -0.3 is 5.32 Å². The molecule has 0 radical (unpaired) electrons. The monoisotopic (exact) mass is 178 g/mol. The van der Waals surface area contributed by atoms with Gasteiger partial charge in [0, 0.05) is 6.08 Å². The largest absolute Gasteiger partial charge is 0.337 e. The highest BCUT2D eigenvalue weighted by molar-refractivity contribution is 5.88. The Bertz CT molecular complexity index is 257. The maximum absolute atomic E-state index is 11.2. The maximum atomic E-state index is 11.2. The average Bonchev–Trinajstić information content (AvgIpc) is 2.07. The summed E-state index contributed by atoms with van der Waals surface area (Å²) in [6.07, 6.45) is 5.55. The van der Waals surface area contributed by atoms with Crippen LogP contribution >= 0.6 is 0 Å². The van der Waals surface area contributed by atoms with Gasteiger partial charge in [-0.2, -0.15) is 5.26 Å². The molecule has 1 fully saturated rings. The zero-order chi connectivity index (χ0) is 9.68. The van der Waals surface area contributed by atoms with E-state index in [0.29, 0.717) is 6.42 Å². The molecular weight excluding hydrogens is 164 g/mol. The summed E-state index contributed by atoms with van der Waals surface area (Å²) in [5, 5.41) is 11.2. The Morgan fingerprint density at radius 2 is 2.46 bits per heavy atom. The molecule has 1 N–H and O–H groups in total. The van der Waals surface area contributed by atoms with Crippen molar-refractivity contribution < 1.29 is 4.79 Å². The van der Waals surface area contributed by atoms with Crippen LogP contribution in [0.1, 0.15) is 32.6 Å². The molecule has 1 unspecified atom stereocenters. The summed E-state index contributed by atoms with van der Waals surface area (Å²) in [5.41, 5.74) is 1.20. The van der Waals surface area contributed by atoms with Crippen LogP contribution in [0.2, 0.25) is 0 Å². The first-order valence-corrected chi connectivity index (χ1v) is 4.65. The topological polar surface area (TPSA) is 52.9 Å². The average molecular weight is 178 g/mol. The minimum Gasteiger partial charge on any atom is -0.337 e. The van der Waals surface area contributed by atoms with Gasteiger partial charge in [-0.1, -0.05) is 12.5 Å². The Hall–Kier alpha value is -1.30. The van der Waals surface area contributed by atoms with E-state index < -0.39 is 0 Å². The number of rotatable bonds is 3. The third-order valence-corrected chi connectivity index (χ3v) is 2.21. The molecule has 0 aromatic heterocycles. The van der Waals surface area contributed by atoms with Crippen molar-refractivity contribution in [1.82, 2.24) is 5.32 Å². The normalized spacial score (nSPS) is 16.8. The Morgan fingerprint density at radius 1 is 1.77 bits per heavy atom. The van der Waals surface area contributed by atoms with E-state index in [1.165, 1.54) is 12.0 Å². The van der Waals surface area contributed by atoms with Crippen LogP contribution in [0.4, 0.5) is 0 Å². The zero-order valence-corrected chi connectivity index (χ0v) is 7.84. The molecule has 0 aromatic rings. The second-order valence-electron chi connectivity index (χ2n) is 3.25. The van der Waals surface area contributed by atoms with Crippen LogP contribution in [0, 0.1) is 11.3 Å². The molecule has 1 aliphatic carbocycles. The molecule has 0 aliphatic heterocycles. The number of hydrogen-bond acceptors (Lipinski definition) is 2. The van der Waals surface area contributed by atoms with Gasteiger partial charge in [0.25, 0.3) is 0 Å². The highest BCUT2D eigenvalue weighted by atomic mass is 16.1. The summed E-state index contributed by atoms with van der Waals surface area (Å²) < 4.78 is 0. The van der Waals surface area contributed by atoms with Gasteiger partial charge >= 0.3 is 0 Å². The lowest BCUT2D eigenvalue weighted by Gasteiger charge is -2.16. The van der Waals surface area contributed by atoms with Crippen molar-refractivity contribution in [2.45, 2.75) is 38.6 Å². The van der Waals surface area contributed by atoms with E-state index in [1.54, 1.807) is 6.08 Å². The second kappa shape index (κ2) is 4.66. The van der Waals surface area contributed by atoms with E-state index in [2.05, 4.69) is 5.32 Å². The van der Waals surface area contributed by atoms with Crippen LogP contribution in [0.25, 0.3) is 0 Å². The van der Waals surface area contributed by atoms with Crippen LogP contribution < -0.4 is 5.32 Å². The third-order valence-electron chi connectivity index (χ3n) is 2.21. The van der Waals surface area contributed by atoms with Crippen molar-refractivity contribution in [3.05, 3.63) is 11.6 Å². The number of nitrogens with zero attached hydrogens (tertiary/aromatic N) is 1. The molecule has 3 nitrogen and oxygen atoms in total. The van der Waals surface area contributed by atoms with Crippen LogP contribution in [0.5, 0.6) is 0 Å². The molecule has 13 heavy (non-hydrogen) atoms. The summed E-state index contributed by atoms with van der Waals surface area (Å²) in [6.45, 7) is 1.88. The number of hydrogen-bond donors (Lipinski definition) is 1. The van der Waals surface area contributed by atoms with E-state index in [1.807, 2.05) is 13.0 Å². The molecule has 1 aliphatic rings. The van der Waals surface area contributed by atoms with Crippen molar-refractivity contribution >= 4 is 5.91 Å². The standard InChI is InChI=1S/C10H14N2O/c1-2-9(7-11)12-10(13)6-8-4-3-5-8/h6,9H,2-5H2,1H3,(H,12,13). The minimum absolute atomic E-state index is 0.122. The second-order valence-corrected chi connectivity index (χ2v) is 3.25. The molecular formula is C10H14N2O. The number of carbonyl (C=O) groups excluding carboxylic acids is 1. The van der Waals surface area contributed by atoms with Crippen LogP contribution in [0.3, 0.4) is 0 Å². The predicted octanol–water partition coefficient (Wildman–Crippen LogP) is 1.52. The molecule has 0 heterocycles. The van der Waals surface area contributed by atoms with E-state index in [4.69, 9.17) is 5.26 Å². The molecule has 0 spiro atoms. The molecule has 0 aromatic carbocycles. The first-order chi connectivity index (χ1) is 6.26. The van der Waals surface area contributed by atoms with E-state index >= 15 is 0 Å². The molecule has 0 bridgehead atoms. The Kier molecular flexibility index (Phi) is 3.51. The lowest BCUT2D eigenvalue weighted by molar-refractivity contribution is -0.116. The summed E-state index contributed by atoms with van der Waals surface area (Å²) in [7, 11) is 0. The SMILES string of the molecule is CCC(C#N)NC(=O)C=C1CCC1. The molecule has 1 saturated carbocycles. The summed E-state index contributed by atoms with van der Waals surface area (Å²) >= 11 is 0. The summed E-state index contributed by atoms with van der Waals surface area (Å²) in [4.78, 5) is 11.2. The number of amides is 1. The lowest BCUT2D eigenvalue weighted by atomic mass is 9.92. The van der Waals surface area contributed by atoms with Gasteiger partial charge in [0.05, 0.1) is 6.07 Å². The maximum Gasteiger partial charge on any atom is 0.244 e. The smallest absolute Gasteiger partial charge is 0.244 e. The van der Waals surface area contributed by atoms with Gasteiger partial charge in [0.2, 0.25) is 5.91 Å². The fourth-order valence-electron chi connectivity index (χ4n) is 1.15. The fourth-order valence-corrected chi connectivity index (χ4v) is 1.15. The van der Waals surface area contributed by atoms with Crippen LogP contribution in [0.15, 0.2) is 11.6 Å². The number of carbonyl (C=O) groups is 1. The zero-order valence-electron chi connectivity index (χ0n) is 7.84. The van der Waals surface area contributed by atoms with Crippen molar-refractivity contribution in [2.75, 3.05) is 0 Å². The highest BCUT2D eigenvalue weighted by Gasteiger charge is 2.12. The predicted molar refractivity (Wildman–Crippen MR) is 49.8 cm³/mol. The quantitative estimate of drug-likeness (QED) is 0.666. The molecule has 0 saturated heterocycles. The van der Waals surface area contributed by atoms with Crippen molar-refractivity contribution in [1.29, 1.82) is 5.26 Å². The van der Waals surface area contributed by atoms with Crippen molar-refractivity contribution in [3.8, 4) is 6.07 Å². The van der Waals surface area contributed by atoms with Crippen LogP contribution in [-0.4, -0.2) is 11.9 Å². The van der Waals surface area contributed by atoms with Crippen molar-refractivity contribution in [3.63, 3.8) is 0 Å². The number of nitrogens with one attached hydrogen (secondary N) is 1. The van der Waals surface area contributed by atoms with Gasteiger partial charge in [-0.25, -0.2) is 0 Å². The lowest BCUT2D eigenvalue weighted by Crippen LogP contribution is -2.32. The van der Waals surface area contributed by atoms with Gasteiger partial charge in [-0.05, 0) is 25.7 Å². The number of allylic oxidation sites excluding steroid dienone is 1. The van der Waals surface area contributed by atoms with Crippen LogP contribution in [-0.2, 0) is 4.79 Å². The van der Waals surface area contributed by atoms with E-state index in [9.17, 15) is 4.79 Å². The van der Waals surface area contributed by atoms with Gasteiger partial charge in [0.1, 0.15) is 6.04 Å². The van der Waals surface area contributed by atoms with E-state index in [0.717, 1.165) is 12.8 Å².